The Labute approximate surface area is 739 Å². The molecule has 658 valence electrons. The van der Waals surface area contributed by atoms with E-state index in [9.17, 15) is 0 Å². The van der Waals surface area contributed by atoms with Gasteiger partial charge in [0.15, 0.2) is 0 Å². The third-order valence-electron chi connectivity index (χ3n) is 26.6. The van der Waals surface area contributed by atoms with Crippen molar-refractivity contribution >= 4 is 64.2 Å². The molecule has 5 aliphatic carbocycles. The average Bonchev–Trinajstić information content (AvgIpc) is 0.768. The van der Waals surface area contributed by atoms with Crippen LogP contribution in [-0.2, 0) is 66.6 Å². The van der Waals surface area contributed by atoms with Crippen LogP contribution in [0.3, 0.4) is 0 Å². The number of ether oxygens (including phenoxy) is 12. The molecule has 0 radical (unpaired) electrons. The summed E-state index contributed by atoms with van der Waals surface area (Å²) in [6.45, 7) is 24.2. The van der Waals surface area contributed by atoms with Crippen molar-refractivity contribution in [3.05, 3.63) is 202 Å². The number of hydrogen-bond acceptors (Lipinski definition) is 17. The predicted molar refractivity (Wildman–Crippen MR) is 494 cm³/mol. The van der Waals surface area contributed by atoms with Crippen LogP contribution in [0.1, 0.15) is 145 Å². The van der Waals surface area contributed by atoms with Crippen molar-refractivity contribution in [2.24, 2.45) is 0 Å². The number of benzene rings is 8. The molecule has 0 aromatic heterocycles. The van der Waals surface area contributed by atoms with Crippen LogP contribution in [0.15, 0.2) is 185 Å². The Balaban J connectivity index is 0.000000124. The summed E-state index contributed by atoms with van der Waals surface area (Å²) in [7, 11) is 0. The van der Waals surface area contributed by atoms with Crippen LogP contribution in [0.2, 0.25) is 0 Å². The molecule has 0 N–H and O–H groups in total. The molecule has 10 aliphatic rings. The SMILES string of the molecule is Brc1ccc(CCO[C@H]2CCCCC2N2CCOCC2)cc1.Brc1ccc(OCCO[C@H]2CCCCC2N2CCOCC2)cc1.c1ccc2c(CCO[C@H]3CCCCC3N3CCOCC3)cccc2c1.c1ccc2cc(CCO[C@H]3CCCCC3N3CCOCC3)ccc2c1.c1ccc2cc(OCCO[C@H]3CCCCC3N3CCOCC3)ccc2c1. The molecular formula is C102H139Br2N5O12. The van der Waals surface area contributed by atoms with Crippen molar-refractivity contribution in [3.63, 3.8) is 0 Å². The van der Waals surface area contributed by atoms with Gasteiger partial charge in [0.2, 0.25) is 0 Å². The summed E-state index contributed by atoms with van der Waals surface area (Å²) >= 11 is 6.91. The minimum atomic E-state index is 0.335. The number of fused-ring (bicyclic) bond motifs is 3. The molecule has 5 saturated carbocycles. The summed E-state index contributed by atoms with van der Waals surface area (Å²) < 4.78 is 72.9. The molecule has 10 fully saturated rings. The van der Waals surface area contributed by atoms with E-state index < -0.39 is 0 Å². The van der Waals surface area contributed by atoms with Gasteiger partial charge in [-0.3, -0.25) is 24.5 Å². The van der Waals surface area contributed by atoms with Crippen molar-refractivity contribution < 1.29 is 56.8 Å². The number of hydrogen-bond donors (Lipinski definition) is 0. The van der Waals surface area contributed by atoms with Crippen LogP contribution in [-0.4, -0.2) is 263 Å². The zero-order valence-corrected chi connectivity index (χ0v) is 75.4. The second-order valence-electron chi connectivity index (χ2n) is 34.4. The molecule has 5 heterocycles. The Kier molecular flexibility index (Phi) is 38.9. The Hall–Kier alpha value is -5.50. The monoisotopic (exact) mass is 1780 g/mol. The van der Waals surface area contributed by atoms with E-state index in [-0.39, 0.29) is 0 Å². The fourth-order valence-corrected chi connectivity index (χ4v) is 20.6. The highest BCUT2D eigenvalue weighted by Gasteiger charge is 2.37. The molecule has 10 atom stereocenters. The summed E-state index contributed by atoms with van der Waals surface area (Å²) in [6, 6.07) is 64.6. The van der Waals surface area contributed by atoms with E-state index >= 15 is 0 Å². The summed E-state index contributed by atoms with van der Waals surface area (Å²) in [5.74, 6) is 1.81. The maximum absolute atomic E-state index is 6.42. The lowest BCUT2D eigenvalue weighted by atomic mass is 9.91. The molecule has 5 saturated heterocycles. The molecule has 17 nitrogen and oxygen atoms in total. The van der Waals surface area contributed by atoms with Gasteiger partial charge in [-0.1, -0.05) is 223 Å². The second-order valence-corrected chi connectivity index (χ2v) is 36.2. The molecule has 5 unspecified atom stereocenters. The number of morpholine rings is 5. The van der Waals surface area contributed by atoms with Crippen LogP contribution in [0, 0.1) is 0 Å². The Morgan fingerprint density at radius 2 is 0.562 bits per heavy atom. The van der Waals surface area contributed by atoms with Crippen molar-refractivity contribution in [1.82, 2.24) is 24.5 Å². The molecule has 121 heavy (non-hydrogen) atoms. The Morgan fingerprint density at radius 1 is 0.256 bits per heavy atom. The van der Waals surface area contributed by atoms with Crippen molar-refractivity contribution in [1.29, 1.82) is 0 Å². The van der Waals surface area contributed by atoms with E-state index in [1.807, 2.05) is 30.3 Å². The summed E-state index contributed by atoms with van der Waals surface area (Å²) in [6.07, 6.45) is 30.3. The smallest absolute Gasteiger partial charge is 0.120 e. The zero-order valence-electron chi connectivity index (χ0n) is 72.3. The second kappa shape index (κ2) is 51.3. The van der Waals surface area contributed by atoms with E-state index in [1.54, 1.807) is 0 Å². The van der Waals surface area contributed by atoms with Gasteiger partial charge in [0.1, 0.15) is 24.7 Å². The van der Waals surface area contributed by atoms with Gasteiger partial charge in [0.05, 0.1) is 130 Å². The lowest BCUT2D eigenvalue weighted by Crippen LogP contribution is -2.51. The first-order valence-corrected chi connectivity index (χ1v) is 48.3. The summed E-state index contributed by atoms with van der Waals surface area (Å²) in [5, 5.41) is 7.78. The average molecular weight is 1790 g/mol. The first kappa shape index (κ1) is 91.7. The van der Waals surface area contributed by atoms with E-state index in [0.717, 1.165) is 197 Å². The van der Waals surface area contributed by atoms with Crippen molar-refractivity contribution in [2.75, 3.05) is 178 Å². The van der Waals surface area contributed by atoms with Crippen LogP contribution >= 0.6 is 31.9 Å². The van der Waals surface area contributed by atoms with Crippen molar-refractivity contribution in [3.8, 4) is 11.5 Å². The molecule has 0 amide bonds. The molecule has 0 spiro atoms. The highest BCUT2D eigenvalue weighted by atomic mass is 79.9. The van der Waals surface area contributed by atoms with Crippen LogP contribution in [0.5, 0.6) is 11.5 Å². The Morgan fingerprint density at radius 3 is 0.983 bits per heavy atom. The summed E-state index contributed by atoms with van der Waals surface area (Å²) in [5.41, 5.74) is 4.12. The van der Waals surface area contributed by atoms with Crippen molar-refractivity contribution in [2.45, 2.75) is 208 Å². The highest BCUT2D eigenvalue weighted by molar-refractivity contribution is 9.10. The third-order valence-corrected chi connectivity index (χ3v) is 27.6. The molecule has 8 aromatic rings. The van der Waals surface area contributed by atoms with Gasteiger partial charge in [0, 0.05) is 105 Å². The molecule has 8 aromatic carbocycles. The molecule has 0 bridgehead atoms. The van der Waals surface area contributed by atoms with Gasteiger partial charge in [-0.15, -0.1) is 0 Å². The number of nitrogens with zero attached hydrogens (tertiary/aromatic N) is 5. The maximum Gasteiger partial charge on any atom is 0.120 e. The summed E-state index contributed by atoms with van der Waals surface area (Å²) in [4.78, 5) is 12.9. The van der Waals surface area contributed by atoms with E-state index in [0.29, 0.717) is 87.2 Å². The van der Waals surface area contributed by atoms with E-state index in [2.05, 4.69) is 202 Å². The van der Waals surface area contributed by atoms with Crippen LogP contribution in [0.4, 0.5) is 0 Å². The quantitative estimate of drug-likeness (QED) is 0.0453. The fraction of sp³-hybridized carbons (Fsp3) is 0.588. The fourth-order valence-electron chi connectivity index (χ4n) is 20.0. The first-order valence-electron chi connectivity index (χ1n) is 46.7. The molecule has 18 rings (SSSR count). The maximum atomic E-state index is 6.42. The van der Waals surface area contributed by atoms with E-state index in [1.165, 1.54) is 171 Å². The lowest BCUT2D eigenvalue weighted by molar-refractivity contribution is -0.0699. The normalized spacial score (nSPS) is 25.6. The lowest BCUT2D eigenvalue weighted by Gasteiger charge is -2.41. The Bertz CT molecular complexity index is 4190. The largest absolute Gasteiger partial charge is 0.491 e. The predicted octanol–water partition coefficient (Wildman–Crippen LogP) is 19.1. The third kappa shape index (κ3) is 29.3. The topological polar surface area (TPSA) is 127 Å². The van der Waals surface area contributed by atoms with Gasteiger partial charge in [-0.05, 0) is 181 Å². The minimum absolute atomic E-state index is 0.335. The number of rotatable bonds is 27. The van der Waals surface area contributed by atoms with Gasteiger partial charge in [-0.2, -0.15) is 0 Å². The molecule has 19 heteroatoms. The van der Waals surface area contributed by atoms with Gasteiger partial charge in [0.25, 0.3) is 0 Å². The van der Waals surface area contributed by atoms with Crippen LogP contribution < -0.4 is 9.47 Å². The molecular weight excluding hydrogens is 1650 g/mol. The van der Waals surface area contributed by atoms with Crippen LogP contribution in [0.25, 0.3) is 32.3 Å². The zero-order chi connectivity index (χ0) is 82.5. The number of halogens is 2. The first-order chi connectivity index (χ1) is 59.9. The van der Waals surface area contributed by atoms with Gasteiger partial charge >= 0.3 is 0 Å². The van der Waals surface area contributed by atoms with E-state index in [4.69, 9.17) is 56.8 Å². The molecule has 5 aliphatic heterocycles. The standard InChI is InChI=1S/C22H29NO3.2C22H29NO2.C18H26BrNO3.C18H26BrNO2/c1-2-6-19-17-20(10-9-18(19)5-1)25-15-16-26-22-8-4-3-7-21(22)23-11-13-24-14-12-23;1-2-9-20-18(6-1)7-5-8-19(20)12-15-25-22-11-4-3-10-21(22)23-13-16-24-17-14-23;1-2-6-20-17-18(9-10-19(20)5-1)11-14-25-22-8-4-3-7-21(22)23-12-15-24-16-13-23;19-15-5-7-16(8-6-15)22-13-14-23-18-4-2-1-3-17(18)20-9-11-21-12-10-20;19-16-7-5-15(6-8-16)9-12-22-18-4-2-1-3-17(18)20-10-13-21-14-11-20/h1-2,5-6,9-10,17,21-22H,3-4,7-8,11-16H2;1-2,5-9,21-22H,3-4,10-17H2;1-2,5-6,9-10,17,21-22H,3-4,7-8,11-16H2;5-8,17-18H,1-4,9-14H2;5-8,17-18H,1-4,9-14H2/t3*21?,22-;2*17?,18-/m00000/s1. The minimum Gasteiger partial charge on any atom is -0.491 e. The van der Waals surface area contributed by atoms with Gasteiger partial charge in [-0.25, -0.2) is 0 Å². The highest BCUT2D eigenvalue weighted by Crippen LogP contribution is 2.34. The van der Waals surface area contributed by atoms with Gasteiger partial charge < -0.3 is 56.8 Å².